The summed E-state index contributed by atoms with van der Waals surface area (Å²) in [6, 6.07) is -0.680. The molecule has 3 aromatic rings. The van der Waals surface area contributed by atoms with Crippen molar-refractivity contribution in [1.29, 1.82) is 0 Å². The van der Waals surface area contributed by atoms with Gasteiger partial charge in [-0.05, 0) is 18.3 Å². The van der Waals surface area contributed by atoms with Gasteiger partial charge in [-0.3, -0.25) is 4.79 Å². The van der Waals surface area contributed by atoms with Gasteiger partial charge in [-0.1, -0.05) is 0 Å². The van der Waals surface area contributed by atoms with E-state index in [1.165, 1.54) is 17.7 Å². The first-order valence-corrected chi connectivity index (χ1v) is 9.30. The predicted octanol–water partition coefficient (Wildman–Crippen LogP) is 0.0917. The minimum absolute atomic E-state index is 0.0577. The number of anilines is 1. The van der Waals surface area contributed by atoms with E-state index >= 15 is 0 Å². The fourth-order valence-electron chi connectivity index (χ4n) is 3.31. The van der Waals surface area contributed by atoms with Crippen LogP contribution in [0.1, 0.15) is 23.3 Å². The molecule has 0 radical (unpaired) electrons. The maximum absolute atomic E-state index is 11.3. The number of carboxylic acid groups (broad SMARTS) is 1. The molecule has 1 saturated carbocycles. The first-order chi connectivity index (χ1) is 13.5. The molecule has 0 spiro atoms. The maximum atomic E-state index is 11.3. The fourth-order valence-corrected chi connectivity index (χ4v) is 3.80. The minimum atomic E-state index is -1.37. The molecule has 0 saturated heterocycles. The summed E-state index contributed by atoms with van der Waals surface area (Å²) in [5, 5.41) is 35.1. The summed E-state index contributed by atoms with van der Waals surface area (Å²) in [5.74, 6) is 4.21. The molecule has 4 rings (SSSR count). The summed E-state index contributed by atoms with van der Waals surface area (Å²) in [6.07, 6.45) is 0.551. The van der Waals surface area contributed by atoms with Crippen LogP contribution in [-0.4, -0.2) is 65.0 Å². The molecule has 0 aromatic carbocycles. The molecule has 0 aliphatic heterocycles. The van der Waals surface area contributed by atoms with Gasteiger partial charge in [-0.2, -0.15) is 0 Å². The summed E-state index contributed by atoms with van der Waals surface area (Å²) in [6.45, 7) is 0. The summed E-state index contributed by atoms with van der Waals surface area (Å²) in [7, 11) is 1.69. The number of carbonyl (C=O) groups is 1. The quantitative estimate of drug-likeness (QED) is 0.449. The number of thiazole rings is 1. The molecule has 144 valence electrons. The number of hydrogen-bond donors (Lipinski definition) is 4. The zero-order valence-corrected chi connectivity index (χ0v) is 15.5. The second-order valence-electron chi connectivity index (χ2n) is 6.29. The Hall–Kier alpha value is -3.07. The lowest BCUT2D eigenvalue weighted by Gasteiger charge is -2.18. The van der Waals surface area contributed by atoms with Crippen LogP contribution in [0, 0.1) is 17.8 Å². The summed E-state index contributed by atoms with van der Waals surface area (Å²) >= 11 is 1.39. The molecule has 10 nitrogen and oxygen atoms in total. The average Bonchev–Trinajstić information content (AvgIpc) is 3.40. The first kappa shape index (κ1) is 18.3. The van der Waals surface area contributed by atoms with Gasteiger partial charge in [-0.25, -0.2) is 19.9 Å². The van der Waals surface area contributed by atoms with Gasteiger partial charge in [0, 0.05) is 18.6 Å². The summed E-state index contributed by atoms with van der Waals surface area (Å²) in [5.41, 5.74) is 0.854. The van der Waals surface area contributed by atoms with E-state index in [1.807, 2.05) is 5.38 Å². The monoisotopic (exact) mass is 400 g/mol. The molecule has 3 heterocycles. The van der Waals surface area contributed by atoms with E-state index in [1.54, 1.807) is 17.8 Å². The van der Waals surface area contributed by atoms with Crippen LogP contribution in [0.25, 0.3) is 11.2 Å². The van der Waals surface area contributed by atoms with Crippen molar-refractivity contribution in [3.8, 4) is 11.8 Å². The van der Waals surface area contributed by atoms with E-state index in [9.17, 15) is 20.1 Å². The lowest BCUT2D eigenvalue weighted by atomic mass is 10.1. The number of rotatable bonds is 3. The van der Waals surface area contributed by atoms with Gasteiger partial charge >= 0.3 is 5.97 Å². The number of imidazole rings is 1. The van der Waals surface area contributed by atoms with E-state index in [2.05, 4.69) is 37.1 Å². The number of aliphatic hydroxyl groups is 2. The Morgan fingerprint density at radius 3 is 2.75 bits per heavy atom. The molecule has 0 amide bonds. The third-order valence-electron chi connectivity index (χ3n) is 4.70. The molecule has 1 fully saturated rings. The molecular formula is C17H16N6O4S. The number of nitrogens with zero attached hydrogens (tertiary/aromatic N) is 5. The Morgan fingerprint density at radius 1 is 1.29 bits per heavy atom. The van der Waals surface area contributed by atoms with Crippen LogP contribution >= 0.6 is 11.3 Å². The molecule has 11 heteroatoms. The van der Waals surface area contributed by atoms with Crippen molar-refractivity contribution in [1.82, 2.24) is 24.5 Å². The number of carboxylic acids is 1. The SMILES string of the molecule is CNc1nc(C#Cc2nccs2)nc2c1ncn2[C@@H]1C[C@H](C(=O)O)[C@@H](O)[C@H]1O. The van der Waals surface area contributed by atoms with Gasteiger partial charge in [0.1, 0.15) is 6.10 Å². The standard InChI is InChI=1S/C17H16N6O4S/c1-18-15-12-16(22-10(21-15)2-3-11-19-4-5-28-11)23(7-20-12)9-6-8(17(26)27)13(24)14(9)25/h4-5,7-9,13-14,24-25H,6H2,1H3,(H,26,27)(H,18,21,22)/t8-,9+,13+,14-/m0/s1. The third kappa shape index (κ3) is 3.07. The lowest BCUT2D eigenvalue weighted by Crippen LogP contribution is -2.32. The Kier molecular flexibility index (Phi) is 4.68. The summed E-state index contributed by atoms with van der Waals surface area (Å²) in [4.78, 5) is 28.5. The van der Waals surface area contributed by atoms with E-state index in [0.29, 0.717) is 22.0 Å². The third-order valence-corrected chi connectivity index (χ3v) is 5.39. The lowest BCUT2D eigenvalue weighted by molar-refractivity contribution is -0.145. The Balaban J connectivity index is 1.78. The maximum Gasteiger partial charge on any atom is 0.309 e. The molecular weight excluding hydrogens is 384 g/mol. The van der Waals surface area contributed by atoms with Crippen molar-refractivity contribution < 1.29 is 20.1 Å². The fraction of sp³-hybridized carbons (Fsp3) is 0.353. The highest BCUT2D eigenvalue weighted by atomic mass is 32.1. The number of hydrogen-bond acceptors (Lipinski definition) is 9. The Morgan fingerprint density at radius 2 is 2.11 bits per heavy atom. The average molecular weight is 400 g/mol. The Labute approximate surface area is 162 Å². The zero-order valence-electron chi connectivity index (χ0n) is 14.6. The van der Waals surface area contributed by atoms with Gasteiger partial charge in [-0.15, -0.1) is 11.3 Å². The molecule has 1 aliphatic rings. The number of aliphatic carboxylic acids is 1. The normalized spacial score (nSPS) is 24.1. The highest BCUT2D eigenvalue weighted by molar-refractivity contribution is 7.10. The van der Waals surface area contributed by atoms with Crippen molar-refractivity contribution in [3.05, 3.63) is 28.7 Å². The van der Waals surface area contributed by atoms with Crippen molar-refractivity contribution in [3.63, 3.8) is 0 Å². The largest absolute Gasteiger partial charge is 0.481 e. The zero-order chi connectivity index (χ0) is 19.8. The van der Waals surface area contributed by atoms with Crippen LogP contribution in [0.5, 0.6) is 0 Å². The van der Waals surface area contributed by atoms with E-state index in [0.717, 1.165) is 0 Å². The molecule has 4 N–H and O–H groups in total. The topological polar surface area (TPSA) is 146 Å². The van der Waals surface area contributed by atoms with Crippen LogP contribution < -0.4 is 5.32 Å². The van der Waals surface area contributed by atoms with Gasteiger partial charge < -0.3 is 25.2 Å². The van der Waals surface area contributed by atoms with Crippen molar-refractivity contribution in [2.75, 3.05) is 12.4 Å². The highest BCUT2D eigenvalue weighted by Crippen LogP contribution is 2.37. The Bertz CT molecular complexity index is 1090. The van der Waals surface area contributed by atoms with Crippen LogP contribution in [0.3, 0.4) is 0 Å². The summed E-state index contributed by atoms with van der Waals surface area (Å²) < 4.78 is 1.57. The second kappa shape index (κ2) is 7.16. The molecule has 28 heavy (non-hydrogen) atoms. The van der Waals surface area contributed by atoms with Gasteiger partial charge in [0.15, 0.2) is 22.0 Å². The van der Waals surface area contributed by atoms with Crippen molar-refractivity contribution >= 4 is 34.3 Å². The predicted molar refractivity (Wildman–Crippen MR) is 99.8 cm³/mol. The van der Waals surface area contributed by atoms with Gasteiger partial charge in [0.2, 0.25) is 5.82 Å². The molecule has 3 aromatic heterocycles. The number of aromatic nitrogens is 5. The van der Waals surface area contributed by atoms with Gasteiger partial charge in [0.05, 0.1) is 24.4 Å². The van der Waals surface area contributed by atoms with Crippen LogP contribution in [0.2, 0.25) is 0 Å². The number of aliphatic hydroxyl groups excluding tert-OH is 2. The van der Waals surface area contributed by atoms with Crippen LogP contribution in [0.15, 0.2) is 17.9 Å². The number of fused-ring (bicyclic) bond motifs is 1. The minimum Gasteiger partial charge on any atom is -0.481 e. The van der Waals surface area contributed by atoms with E-state index < -0.39 is 30.1 Å². The second-order valence-corrected chi connectivity index (χ2v) is 7.18. The van der Waals surface area contributed by atoms with Crippen LogP contribution in [0.4, 0.5) is 5.82 Å². The highest BCUT2D eigenvalue weighted by Gasteiger charge is 2.46. The van der Waals surface area contributed by atoms with Crippen molar-refractivity contribution in [2.45, 2.75) is 24.7 Å². The van der Waals surface area contributed by atoms with Crippen molar-refractivity contribution in [2.24, 2.45) is 5.92 Å². The smallest absolute Gasteiger partial charge is 0.309 e. The molecule has 0 unspecified atom stereocenters. The molecule has 1 aliphatic carbocycles. The van der Waals surface area contributed by atoms with E-state index in [4.69, 9.17) is 0 Å². The number of nitrogens with one attached hydrogen (secondary N) is 1. The molecule has 4 atom stereocenters. The van der Waals surface area contributed by atoms with E-state index in [-0.39, 0.29) is 12.2 Å². The first-order valence-electron chi connectivity index (χ1n) is 8.42. The van der Waals surface area contributed by atoms with Gasteiger partial charge in [0.25, 0.3) is 0 Å². The molecule has 0 bridgehead atoms. The van der Waals surface area contributed by atoms with Crippen LogP contribution in [-0.2, 0) is 4.79 Å².